The summed E-state index contributed by atoms with van der Waals surface area (Å²) < 4.78 is 1.58. The summed E-state index contributed by atoms with van der Waals surface area (Å²) in [5.74, 6) is 0.630. The molecule has 0 bridgehead atoms. The van der Waals surface area contributed by atoms with Crippen LogP contribution in [0.3, 0.4) is 0 Å². The largest absolute Gasteiger partial charge is 0.310 e. The highest BCUT2D eigenvalue weighted by atomic mass is 35.5. The number of nitrogens with one attached hydrogen (secondary N) is 1. The van der Waals surface area contributed by atoms with Gasteiger partial charge in [0.25, 0.3) is 0 Å². The van der Waals surface area contributed by atoms with Crippen LogP contribution in [-0.4, -0.2) is 6.54 Å². The summed E-state index contributed by atoms with van der Waals surface area (Å²) in [4.78, 5) is 0. The minimum Gasteiger partial charge on any atom is -0.310 e. The summed E-state index contributed by atoms with van der Waals surface area (Å²) in [5, 5.41) is 3.55. The maximum Gasteiger partial charge on any atom is 0.0991 e. The van der Waals surface area contributed by atoms with Gasteiger partial charge in [-0.05, 0) is 42.5 Å². The van der Waals surface area contributed by atoms with E-state index in [2.05, 4.69) is 36.5 Å². The molecule has 106 valence electrons. The third-order valence-corrected chi connectivity index (χ3v) is 5.51. The third kappa shape index (κ3) is 2.75. The van der Waals surface area contributed by atoms with Crippen LogP contribution < -0.4 is 5.32 Å². The van der Waals surface area contributed by atoms with Crippen molar-refractivity contribution >= 4 is 34.5 Å². The number of fused-ring (bicyclic) bond motifs is 1. The lowest BCUT2D eigenvalue weighted by molar-refractivity contribution is 0.437. The van der Waals surface area contributed by atoms with Gasteiger partial charge in [-0.3, -0.25) is 0 Å². The van der Waals surface area contributed by atoms with E-state index in [0.717, 1.165) is 27.2 Å². The Hall–Kier alpha value is -0.540. The van der Waals surface area contributed by atoms with Crippen molar-refractivity contribution in [2.75, 3.05) is 6.54 Å². The second-order valence-electron chi connectivity index (χ2n) is 5.23. The van der Waals surface area contributed by atoms with Gasteiger partial charge in [0.1, 0.15) is 0 Å². The van der Waals surface area contributed by atoms with Crippen LogP contribution in [-0.2, 0) is 6.42 Å². The maximum atomic E-state index is 6.31. The smallest absolute Gasteiger partial charge is 0.0991 e. The molecular formula is C16H17Cl2NS. The Morgan fingerprint density at radius 1 is 1.35 bits per heavy atom. The van der Waals surface area contributed by atoms with Gasteiger partial charge in [-0.1, -0.05) is 54.4 Å². The van der Waals surface area contributed by atoms with Crippen LogP contribution in [0.15, 0.2) is 30.3 Å². The van der Waals surface area contributed by atoms with Crippen LogP contribution in [0.4, 0.5) is 0 Å². The lowest BCUT2D eigenvalue weighted by atomic mass is 9.74. The van der Waals surface area contributed by atoms with Crippen molar-refractivity contribution in [2.24, 2.45) is 0 Å². The molecule has 0 radical (unpaired) electrons. The fourth-order valence-electron chi connectivity index (χ4n) is 3.01. The Kier molecular flexibility index (Phi) is 4.37. The normalized spacial score (nSPS) is 18.4. The zero-order valence-electron chi connectivity index (χ0n) is 11.3. The van der Waals surface area contributed by atoms with Crippen molar-refractivity contribution in [2.45, 2.75) is 31.7 Å². The Bertz CT molecular complexity index is 608. The van der Waals surface area contributed by atoms with Crippen LogP contribution in [0.2, 0.25) is 8.67 Å². The van der Waals surface area contributed by atoms with Gasteiger partial charge in [-0.15, -0.1) is 11.3 Å². The van der Waals surface area contributed by atoms with E-state index in [9.17, 15) is 0 Å². The molecule has 1 aromatic heterocycles. The van der Waals surface area contributed by atoms with Crippen molar-refractivity contribution in [1.29, 1.82) is 0 Å². The number of rotatable bonds is 5. The molecule has 2 unspecified atom stereocenters. The zero-order valence-corrected chi connectivity index (χ0v) is 13.7. The molecule has 4 heteroatoms. The topological polar surface area (TPSA) is 12.0 Å². The molecule has 3 rings (SSSR count). The molecule has 2 atom stereocenters. The average molecular weight is 326 g/mol. The van der Waals surface area contributed by atoms with Crippen molar-refractivity contribution in [1.82, 2.24) is 5.32 Å². The molecule has 0 aliphatic heterocycles. The van der Waals surface area contributed by atoms with E-state index in [0.29, 0.717) is 5.92 Å². The average Bonchev–Trinajstić information content (AvgIpc) is 2.74. The molecule has 1 aliphatic rings. The number of hydrogen-bond donors (Lipinski definition) is 1. The molecule has 0 saturated heterocycles. The Labute approximate surface area is 133 Å². The molecule has 0 fully saturated rings. The van der Waals surface area contributed by atoms with E-state index >= 15 is 0 Å². The summed E-state index contributed by atoms with van der Waals surface area (Å²) in [7, 11) is 0. The van der Waals surface area contributed by atoms with Gasteiger partial charge in [-0.25, -0.2) is 0 Å². The molecule has 0 amide bonds. The van der Waals surface area contributed by atoms with E-state index in [1.54, 1.807) is 0 Å². The Morgan fingerprint density at radius 2 is 2.15 bits per heavy atom. The first-order valence-corrected chi connectivity index (χ1v) is 8.52. The quantitative estimate of drug-likeness (QED) is 0.772. The Morgan fingerprint density at radius 3 is 2.80 bits per heavy atom. The van der Waals surface area contributed by atoms with Gasteiger partial charge in [0.15, 0.2) is 0 Å². The lowest BCUT2D eigenvalue weighted by Gasteiger charge is -2.33. The van der Waals surface area contributed by atoms with Crippen molar-refractivity contribution < 1.29 is 0 Å². The van der Waals surface area contributed by atoms with Crippen LogP contribution in [0.1, 0.15) is 42.0 Å². The number of halogens is 2. The standard InChI is InChI=1S/C16H17Cl2NS/c1-2-19-14(13-9-15(17)20-16(13)18)8-11-7-10-5-3-4-6-12(10)11/h3-6,9,11,14,19H,2,7-8H2,1H3. The van der Waals surface area contributed by atoms with Crippen molar-refractivity contribution in [3.05, 3.63) is 55.7 Å². The SMILES string of the molecule is CCNC(CC1Cc2ccccc21)c1cc(Cl)sc1Cl. The van der Waals surface area contributed by atoms with E-state index in [4.69, 9.17) is 23.2 Å². The minimum absolute atomic E-state index is 0.287. The van der Waals surface area contributed by atoms with Crippen LogP contribution >= 0.6 is 34.5 Å². The van der Waals surface area contributed by atoms with Gasteiger partial charge in [0.05, 0.1) is 8.67 Å². The van der Waals surface area contributed by atoms with E-state index in [1.165, 1.54) is 28.9 Å². The van der Waals surface area contributed by atoms with Gasteiger partial charge in [0, 0.05) is 11.6 Å². The highest BCUT2D eigenvalue weighted by molar-refractivity contribution is 7.20. The zero-order chi connectivity index (χ0) is 14.1. The van der Waals surface area contributed by atoms with E-state index < -0.39 is 0 Å². The molecule has 1 heterocycles. The first-order chi connectivity index (χ1) is 9.69. The van der Waals surface area contributed by atoms with Gasteiger partial charge in [-0.2, -0.15) is 0 Å². The third-order valence-electron chi connectivity index (χ3n) is 3.99. The molecule has 20 heavy (non-hydrogen) atoms. The molecule has 0 saturated carbocycles. The van der Waals surface area contributed by atoms with Gasteiger partial charge in [0.2, 0.25) is 0 Å². The van der Waals surface area contributed by atoms with E-state index in [-0.39, 0.29) is 6.04 Å². The lowest BCUT2D eigenvalue weighted by Crippen LogP contribution is -2.27. The highest BCUT2D eigenvalue weighted by Gasteiger charge is 2.29. The molecule has 1 N–H and O–H groups in total. The molecule has 0 spiro atoms. The summed E-state index contributed by atoms with van der Waals surface area (Å²) in [5.41, 5.74) is 4.13. The molecular weight excluding hydrogens is 309 g/mol. The first-order valence-electron chi connectivity index (χ1n) is 6.95. The van der Waals surface area contributed by atoms with Gasteiger partial charge >= 0.3 is 0 Å². The van der Waals surface area contributed by atoms with Crippen molar-refractivity contribution in [3.63, 3.8) is 0 Å². The summed E-state index contributed by atoms with van der Waals surface area (Å²) in [6.45, 7) is 3.06. The minimum atomic E-state index is 0.287. The molecule has 1 aromatic carbocycles. The summed E-state index contributed by atoms with van der Waals surface area (Å²) in [6.07, 6.45) is 2.26. The molecule has 2 aromatic rings. The number of thiophene rings is 1. The molecule has 1 nitrogen and oxygen atoms in total. The van der Waals surface area contributed by atoms with Crippen molar-refractivity contribution in [3.8, 4) is 0 Å². The van der Waals surface area contributed by atoms with Crippen LogP contribution in [0.25, 0.3) is 0 Å². The second kappa shape index (κ2) is 6.07. The van der Waals surface area contributed by atoms with E-state index in [1.807, 2.05) is 6.07 Å². The fraction of sp³-hybridized carbons (Fsp3) is 0.375. The number of hydrogen-bond acceptors (Lipinski definition) is 2. The first kappa shape index (κ1) is 14.4. The van der Waals surface area contributed by atoms with Crippen LogP contribution in [0, 0.1) is 0 Å². The predicted octanol–water partition coefficient (Wildman–Crippen LogP) is 5.44. The predicted molar refractivity (Wildman–Crippen MR) is 88.3 cm³/mol. The highest BCUT2D eigenvalue weighted by Crippen LogP contribution is 2.43. The monoisotopic (exact) mass is 325 g/mol. The Balaban J connectivity index is 1.78. The van der Waals surface area contributed by atoms with Gasteiger partial charge < -0.3 is 5.32 Å². The summed E-state index contributed by atoms with van der Waals surface area (Å²) in [6, 6.07) is 11.0. The van der Waals surface area contributed by atoms with Crippen LogP contribution in [0.5, 0.6) is 0 Å². The fourth-order valence-corrected chi connectivity index (χ4v) is 4.59. The second-order valence-corrected chi connectivity index (χ2v) is 7.51. The maximum absolute atomic E-state index is 6.31. The summed E-state index contributed by atoms with van der Waals surface area (Å²) >= 11 is 13.8. The molecule has 1 aliphatic carbocycles. The number of benzene rings is 1.